The zero-order valence-electron chi connectivity index (χ0n) is 15.9. The molecule has 2 aliphatic heterocycles. The summed E-state index contributed by atoms with van der Waals surface area (Å²) in [6.45, 7) is 11.4. The first kappa shape index (κ1) is 19.8. The lowest BCUT2D eigenvalue weighted by molar-refractivity contribution is -0.119. The normalized spacial score (nSPS) is 26.6. The van der Waals surface area contributed by atoms with Gasteiger partial charge in [-0.25, -0.2) is 0 Å². The molecule has 0 radical (unpaired) electrons. The monoisotopic (exact) mass is 338 g/mol. The van der Waals surface area contributed by atoms with E-state index in [1.165, 1.54) is 25.9 Å². The molecule has 5 heteroatoms. The van der Waals surface area contributed by atoms with Crippen LogP contribution in [0.25, 0.3) is 0 Å². The predicted molar refractivity (Wildman–Crippen MR) is 100 cm³/mol. The molecule has 0 aliphatic carbocycles. The molecule has 140 valence electrons. The Labute approximate surface area is 148 Å². The molecule has 24 heavy (non-hydrogen) atoms. The van der Waals surface area contributed by atoms with Gasteiger partial charge in [-0.1, -0.05) is 0 Å². The topological polar surface area (TPSA) is 47.6 Å². The van der Waals surface area contributed by atoms with Gasteiger partial charge in [0.25, 0.3) is 0 Å². The zero-order valence-corrected chi connectivity index (χ0v) is 15.9. The average molecular weight is 339 g/mol. The maximum atomic E-state index is 12.0. The lowest BCUT2D eigenvalue weighted by Gasteiger charge is -2.34. The van der Waals surface area contributed by atoms with Gasteiger partial charge < -0.3 is 10.6 Å². The smallest absolute Gasteiger partial charge is 0.132 e. The molecule has 2 heterocycles. The van der Waals surface area contributed by atoms with Crippen LogP contribution in [0.1, 0.15) is 65.2 Å². The third-order valence-electron chi connectivity index (χ3n) is 5.52. The van der Waals surface area contributed by atoms with Crippen LogP contribution in [0.5, 0.6) is 0 Å². The van der Waals surface area contributed by atoms with Crippen LogP contribution >= 0.6 is 0 Å². The molecule has 2 atom stereocenters. The van der Waals surface area contributed by atoms with Crippen LogP contribution < -0.4 is 10.6 Å². The molecule has 2 N–H and O–H groups in total. The van der Waals surface area contributed by atoms with Crippen LogP contribution in [0.4, 0.5) is 0 Å². The van der Waals surface area contributed by atoms with Crippen LogP contribution in [-0.2, 0) is 4.79 Å². The van der Waals surface area contributed by atoms with Gasteiger partial charge in [-0.3, -0.25) is 14.6 Å². The highest BCUT2D eigenvalue weighted by atomic mass is 16.1. The summed E-state index contributed by atoms with van der Waals surface area (Å²) in [6, 6.07) is 0. The Kier molecular flexibility index (Phi) is 9.24. The molecular formula is C19H38N4O. The van der Waals surface area contributed by atoms with Crippen molar-refractivity contribution in [1.29, 1.82) is 0 Å². The molecule has 0 aromatic carbocycles. The Hall–Kier alpha value is -0.490. The third kappa shape index (κ3) is 7.18. The summed E-state index contributed by atoms with van der Waals surface area (Å²) in [4.78, 5) is 17.0. The average Bonchev–Trinajstić information content (AvgIpc) is 2.58. The van der Waals surface area contributed by atoms with E-state index in [1.54, 1.807) is 0 Å². The number of hydrogen-bond donors (Lipinski definition) is 2. The summed E-state index contributed by atoms with van der Waals surface area (Å²) in [6.07, 6.45) is 9.44. The van der Waals surface area contributed by atoms with E-state index in [0.29, 0.717) is 18.1 Å². The fourth-order valence-electron chi connectivity index (χ4n) is 3.84. The summed E-state index contributed by atoms with van der Waals surface area (Å²) in [5, 5.41) is 6.99. The predicted octanol–water partition coefficient (Wildman–Crippen LogP) is 2.18. The van der Waals surface area contributed by atoms with Crippen molar-refractivity contribution in [2.75, 3.05) is 39.3 Å². The van der Waals surface area contributed by atoms with Crippen molar-refractivity contribution in [3.63, 3.8) is 0 Å². The van der Waals surface area contributed by atoms with Crippen LogP contribution in [0.3, 0.4) is 0 Å². The Morgan fingerprint density at radius 3 is 1.71 bits per heavy atom. The fourth-order valence-corrected chi connectivity index (χ4v) is 3.84. The number of carbonyl (C=O) groups excluding carboxylic acids is 1. The van der Waals surface area contributed by atoms with Crippen molar-refractivity contribution in [1.82, 2.24) is 20.4 Å². The highest BCUT2D eigenvalue weighted by molar-refractivity contribution is 5.78. The first-order valence-corrected chi connectivity index (χ1v) is 10.1. The molecule has 2 fully saturated rings. The summed E-state index contributed by atoms with van der Waals surface area (Å²) in [5.74, 6) is 0.463. The van der Waals surface area contributed by atoms with Gasteiger partial charge in [0, 0.05) is 25.9 Å². The van der Waals surface area contributed by atoms with E-state index in [1.807, 2.05) is 0 Å². The number of hydrogen-bond acceptors (Lipinski definition) is 5. The first-order chi connectivity index (χ1) is 11.7. The van der Waals surface area contributed by atoms with Crippen molar-refractivity contribution < 1.29 is 4.79 Å². The molecule has 0 amide bonds. The molecule has 5 nitrogen and oxygen atoms in total. The Bertz CT molecular complexity index is 331. The van der Waals surface area contributed by atoms with Crippen molar-refractivity contribution in [3.8, 4) is 0 Å². The first-order valence-electron chi connectivity index (χ1n) is 10.1. The molecule has 0 aromatic heterocycles. The van der Waals surface area contributed by atoms with Gasteiger partial charge in [0.2, 0.25) is 0 Å². The van der Waals surface area contributed by atoms with Crippen molar-refractivity contribution in [3.05, 3.63) is 0 Å². The molecular weight excluding hydrogens is 300 g/mol. The van der Waals surface area contributed by atoms with Crippen LogP contribution in [0.15, 0.2) is 0 Å². The van der Waals surface area contributed by atoms with Crippen LogP contribution in [-0.4, -0.2) is 67.2 Å². The van der Waals surface area contributed by atoms with E-state index in [4.69, 9.17) is 0 Å². The number of nitrogens with zero attached hydrogens (tertiary/aromatic N) is 2. The van der Waals surface area contributed by atoms with E-state index in [0.717, 1.165) is 64.7 Å². The second kappa shape index (κ2) is 11.2. The number of Topliss-reactive ketones (excluding diaryl/α,β-unsaturated/α-hetero) is 1. The van der Waals surface area contributed by atoms with E-state index >= 15 is 0 Å². The van der Waals surface area contributed by atoms with Gasteiger partial charge in [-0.2, -0.15) is 0 Å². The van der Waals surface area contributed by atoms with Crippen LogP contribution in [0, 0.1) is 0 Å². The Balaban J connectivity index is 1.45. The van der Waals surface area contributed by atoms with Crippen molar-refractivity contribution in [2.24, 2.45) is 0 Å². The minimum absolute atomic E-state index is 0.463. The Morgan fingerprint density at radius 2 is 1.29 bits per heavy atom. The highest BCUT2D eigenvalue weighted by Crippen LogP contribution is 2.10. The molecule has 0 saturated carbocycles. The lowest BCUT2D eigenvalue weighted by Crippen LogP contribution is -2.49. The van der Waals surface area contributed by atoms with Gasteiger partial charge in [0.1, 0.15) is 5.78 Å². The van der Waals surface area contributed by atoms with Crippen molar-refractivity contribution >= 4 is 5.78 Å². The maximum Gasteiger partial charge on any atom is 0.132 e. The number of unbranched alkanes of at least 4 members (excludes halogenated alkanes) is 2. The SMILES string of the molecule is CC1NCCCN1CCCCC(=O)CCCCN1CCCNC1C. The quantitative estimate of drug-likeness (QED) is 0.598. The van der Waals surface area contributed by atoms with Gasteiger partial charge in [0.15, 0.2) is 0 Å². The second-order valence-corrected chi connectivity index (χ2v) is 7.49. The molecule has 0 spiro atoms. The maximum absolute atomic E-state index is 12.0. The number of rotatable bonds is 10. The van der Waals surface area contributed by atoms with Gasteiger partial charge in [-0.05, 0) is 78.6 Å². The Morgan fingerprint density at radius 1 is 0.833 bits per heavy atom. The molecule has 0 aromatic rings. The van der Waals surface area contributed by atoms with E-state index in [-0.39, 0.29) is 0 Å². The summed E-state index contributed by atoms with van der Waals surface area (Å²) >= 11 is 0. The fraction of sp³-hybridized carbons (Fsp3) is 0.947. The summed E-state index contributed by atoms with van der Waals surface area (Å²) in [7, 11) is 0. The van der Waals surface area contributed by atoms with Gasteiger partial charge in [-0.15, -0.1) is 0 Å². The number of carbonyl (C=O) groups is 1. The van der Waals surface area contributed by atoms with Gasteiger partial charge in [0.05, 0.1) is 12.3 Å². The van der Waals surface area contributed by atoms with Crippen LogP contribution in [0.2, 0.25) is 0 Å². The second-order valence-electron chi connectivity index (χ2n) is 7.49. The molecule has 2 rings (SSSR count). The summed E-state index contributed by atoms with van der Waals surface area (Å²) < 4.78 is 0. The van der Waals surface area contributed by atoms with E-state index in [9.17, 15) is 4.79 Å². The number of ketones is 1. The lowest BCUT2D eigenvalue weighted by atomic mass is 10.1. The largest absolute Gasteiger partial charge is 0.302 e. The summed E-state index contributed by atoms with van der Waals surface area (Å²) in [5.41, 5.74) is 0. The molecule has 2 saturated heterocycles. The van der Waals surface area contributed by atoms with Gasteiger partial charge >= 0.3 is 0 Å². The van der Waals surface area contributed by atoms with E-state index in [2.05, 4.69) is 34.3 Å². The van der Waals surface area contributed by atoms with E-state index < -0.39 is 0 Å². The van der Waals surface area contributed by atoms with Crippen molar-refractivity contribution in [2.45, 2.75) is 77.5 Å². The zero-order chi connectivity index (χ0) is 17.2. The molecule has 2 unspecified atom stereocenters. The molecule has 0 bridgehead atoms. The highest BCUT2D eigenvalue weighted by Gasteiger charge is 2.17. The number of nitrogens with one attached hydrogen (secondary N) is 2. The standard InChI is InChI=1S/C19H38N4O/c1-17-20-11-7-15-22(17)13-5-3-9-19(24)10-4-6-14-23-16-8-12-21-18(23)2/h17-18,20-21H,3-16H2,1-2H3. The molecule has 2 aliphatic rings. The minimum Gasteiger partial charge on any atom is -0.302 e. The third-order valence-corrected chi connectivity index (χ3v) is 5.52. The minimum atomic E-state index is 0.463.